The van der Waals surface area contributed by atoms with Crippen molar-refractivity contribution >= 4 is 5.91 Å². The predicted octanol–water partition coefficient (Wildman–Crippen LogP) is 0.247. The molecule has 0 radical (unpaired) electrons. The predicted molar refractivity (Wildman–Crippen MR) is 56.7 cm³/mol. The first-order valence-corrected chi connectivity index (χ1v) is 4.94. The number of amides is 1. The highest BCUT2D eigenvalue weighted by Gasteiger charge is 2.17. The van der Waals surface area contributed by atoms with Gasteiger partial charge in [0.05, 0.1) is 12.1 Å². The molecule has 0 saturated heterocycles. The van der Waals surface area contributed by atoms with Gasteiger partial charge in [0.1, 0.15) is 0 Å². The maximum Gasteiger partial charge on any atom is 0.236 e. The van der Waals surface area contributed by atoms with E-state index < -0.39 is 12.1 Å². The van der Waals surface area contributed by atoms with E-state index in [1.165, 1.54) is 0 Å². The molecule has 84 valence electrons. The van der Waals surface area contributed by atoms with Crippen LogP contribution in [0.5, 0.6) is 0 Å². The third-order valence-electron chi connectivity index (χ3n) is 1.77. The van der Waals surface area contributed by atoms with Gasteiger partial charge in [0, 0.05) is 6.54 Å². The molecule has 0 bridgehead atoms. The van der Waals surface area contributed by atoms with Gasteiger partial charge in [0.25, 0.3) is 0 Å². The number of aliphatic hydroxyl groups is 1. The first kappa shape index (κ1) is 13.4. The summed E-state index contributed by atoms with van der Waals surface area (Å²) in [6.45, 7) is 8.03. The summed E-state index contributed by atoms with van der Waals surface area (Å²) in [6.07, 6.45) is 0.157. The molecule has 4 N–H and O–H groups in total. The third kappa shape index (κ3) is 6.86. The zero-order chi connectivity index (χ0) is 11.4. The zero-order valence-corrected chi connectivity index (χ0v) is 9.50. The molecular weight excluding hydrogens is 180 g/mol. The molecule has 0 aromatic rings. The van der Waals surface area contributed by atoms with Crippen LogP contribution in [0, 0.1) is 5.41 Å². The molecule has 0 rings (SSSR count). The lowest BCUT2D eigenvalue weighted by Gasteiger charge is -2.22. The van der Waals surface area contributed by atoms with Crippen LogP contribution in [-0.4, -0.2) is 29.7 Å². The molecule has 0 fully saturated rings. The van der Waals surface area contributed by atoms with Crippen molar-refractivity contribution in [1.29, 1.82) is 0 Å². The minimum atomic E-state index is -0.517. The van der Waals surface area contributed by atoms with Crippen molar-refractivity contribution in [2.24, 2.45) is 11.1 Å². The Morgan fingerprint density at radius 2 is 2.00 bits per heavy atom. The number of nitrogens with one attached hydrogen (secondary N) is 1. The highest BCUT2D eigenvalue weighted by molar-refractivity contribution is 5.80. The normalized spacial score (nSPS) is 16.1. The van der Waals surface area contributed by atoms with E-state index in [9.17, 15) is 9.90 Å². The number of nitrogens with two attached hydrogens (primary N) is 1. The van der Waals surface area contributed by atoms with Gasteiger partial charge >= 0.3 is 0 Å². The Balaban J connectivity index is 3.75. The lowest BCUT2D eigenvalue weighted by atomic mass is 9.89. The SMILES string of the molecule is C[C@@H](N)C(=O)NCC(O)CC(C)(C)C. The molecule has 4 nitrogen and oxygen atoms in total. The van der Waals surface area contributed by atoms with E-state index in [4.69, 9.17) is 5.73 Å². The van der Waals surface area contributed by atoms with Gasteiger partial charge in [-0.3, -0.25) is 4.79 Å². The summed E-state index contributed by atoms with van der Waals surface area (Å²) in [5, 5.41) is 12.2. The Bertz CT molecular complexity index is 185. The van der Waals surface area contributed by atoms with Crippen LogP contribution >= 0.6 is 0 Å². The van der Waals surface area contributed by atoms with Crippen molar-refractivity contribution in [2.75, 3.05) is 6.54 Å². The van der Waals surface area contributed by atoms with Crippen LogP contribution in [0.2, 0.25) is 0 Å². The van der Waals surface area contributed by atoms with Crippen LogP contribution in [-0.2, 0) is 4.79 Å². The van der Waals surface area contributed by atoms with Gasteiger partial charge in [-0.25, -0.2) is 0 Å². The van der Waals surface area contributed by atoms with Gasteiger partial charge in [0.15, 0.2) is 0 Å². The Hall–Kier alpha value is -0.610. The van der Waals surface area contributed by atoms with Crippen LogP contribution in [0.1, 0.15) is 34.1 Å². The second-order valence-electron chi connectivity index (χ2n) is 4.95. The van der Waals surface area contributed by atoms with Crippen molar-refractivity contribution < 1.29 is 9.90 Å². The first-order chi connectivity index (χ1) is 6.22. The summed E-state index contributed by atoms with van der Waals surface area (Å²) in [4.78, 5) is 11.1. The summed E-state index contributed by atoms with van der Waals surface area (Å²) in [5.74, 6) is -0.224. The summed E-state index contributed by atoms with van der Waals surface area (Å²) in [6, 6.07) is -0.517. The number of aliphatic hydroxyl groups excluding tert-OH is 1. The van der Waals surface area contributed by atoms with Gasteiger partial charge < -0.3 is 16.2 Å². The average molecular weight is 202 g/mol. The molecule has 4 heteroatoms. The number of carbonyl (C=O) groups excluding carboxylic acids is 1. The molecule has 14 heavy (non-hydrogen) atoms. The number of rotatable bonds is 4. The maximum absolute atomic E-state index is 11.1. The summed E-state index contributed by atoms with van der Waals surface area (Å²) < 4.78 is 0. The van der Waals surface area contributed by atoms with E-state index in [1.54, 1.807) is 6.92 Å². The van der Waals surface area contributed by atoms with Crippen molar-refractivity contribution in [2.45, 2.75) is 46.3 Å². The zero-order valence-electron chi connectivity index (χ0n) is 9.50. The van der Waals surface area contributed by atoms with E-state index in [1.807, 2.05) is 20.8 Å². The molecular formula is C10H22N2O2. The van der Waals surface area contributed by atoms with Crippen molar-refractivity contribution in [3.8, 4) is 0 Å². The highest BCUT2D eigenvalue weighted by atomic mass is 16.3. The molecule has 0 aromatic heterocycles. The molecule has 0 spiro atoms. The van der Waals surface area contributed by atoms with Crippen LogP contribution in [0.4, 0.5) is 0 Å². The molecule has 0 aliphatic heterocycles. The largest absolute Gasteiger partial charge is 0.391 e. The first-order valence-electron chi connectivity index (χ1n) is 4.94. The molecule has 0 aliphatic rings. The Morgan fingerprint density at radius 3 is 2.36 bits per heavy atom. The quantitative estimate of drug-likeness (QED) is 0.611. The standard InChI is InChI=1S/C10H22N2O2/c1-7(11)9(14)12-6-8(13)5-10(2,3)4/h7-8,13H,5-6,11H2,1-4H3,(H,12,14)/t7-,8?/m1/s1. The number of carbonyl (C=O) groups is 1. The van der Waals surface area contributed by atoms with Gasteiger partial charge in [0.2, 0.25) is 5.91 Å². The topological polar surface area (TPSA) is 75.4 Å². The van der Waals surface area contributed by atoms with Crippen LogP contribution < -0.4 is 11.1 Å². The van der Waals surface area contributed by atoms with Crippen molar-refractivity contribution in [1.82, 2.24) is 5.32 Å². The Morgan fingerprint density at radius 1 is 1.50 bits per heavy atom. The van der Waals surface area contributed by atoms with Crippen molar-refractivity contribution in [3.05, 3.63) is 0 Å². The third-order valence-corrected chi connectivity index (χ3v) is 1.77. The minimum Gasteiger partial charge on any atom is -0.391 e. The number of hydrogen-bond acceptors (Lipinski definition) is 3. The molecule has 0 saturated carbocycles. The molecule has 0 heterocycles. The lowest BCUT2D eigenvalue weighted by molar-refractivity contribution is -0.122. The van der Waals surface area contributed by atoms with E-state index in [0.29, 0.717) is 6.42 Å². The summed E-state index contributed by atoms with van der Waals surface area (Å²) in [7, 11) is 0. The smallest absolute Gasteiger partial charge is 0.236 e. The maximum atomic E-state index is 11.1. The van der Waals surface area contributed by atoms with Gasteiger partial charge in [-0.2, -0.15) is 0 Å². The highest BCUT2D eigenvalue weighted by Crippen LogP contribution is 2.20. The van der Waals surface area contributed by atoms with Crippen molar-refractivity contribution in [3.63, 3.8) is 0 Å². The second-order valence-corrected chi connectivity index (χ2v) is 4.95. The molecule has 2 atom stereocenters. The van der Waals surface area contributed by atoms with E-state index in [2.05, 4.69) is 5.32 Å². The van der Waals surface area contributed by atoms with Gasteiger partial charge in [-0.15, -0.1) is 0 Å². The van der Waals surface area contributed by atoms with E-state index in [-0.39, 0.29) is 17.9 Å². The molecule has 0 aliphatic carbocycles. The summed E-state index contributed by atoms with van der Waals surface area (Å²) >= 11 is 0. The van der Waals surface area contributed by atoms with Crippen LogP contribution in [0.3, 0.4) is 0 Å². The lowest BCUT2D eigenvalue weighted by Crippen LogP contribution is -2.42. The molecule has 0 aromatic carbocycles. The fourth-order valence-corrected chi connectivity index (χ4v) is 1.16. The minimum absolute atomic E-state index is 0.0679. The number of hydrogen-bond donors (Lipinski definition) is 3. The Kier molecular flexibility index (Phi) is 5.08. The van der Waals surface area contributed by atoms with Gasteiger partial charge in [-0.1, -0.05) is 20.8 Å². The fraction of sp³-hybridized carbons (Fsp3) is 0.900. The van der Waals surface area contributed by atoms with Crippen LogP contribution in [0.15, 0.2) is 0 Å². The molecule has 1 amide bonds. The average Bonchev–Trinajstić information content (AvgIpc) is 1.96. The monoisotopic (exact) mass is 202 g/mol. The summed E-state index contributed by atoms with van der Waals surface area (Å²) in [5.41, 5.74) is 5.42. The second kappa shape index (κ2) is 5.32. The van der Waals surface area contributed by atoms with Gasteiger partial charge in [-0.05, 0) is 18.8 Å². The Labute approximate surface area is 85.9 Å². The van der Waals surface area contributed by atoms with E-state index >= 15 is 0 Å². The fourth-order valence-electron chi connectivity index (χ4n) is 1.16. The van der Waals surface area contributed by atoms with Crippen LogP contribution in [0.25, 0.3) is 0 Å². The molecule has 1 unspecified atom stereocenters. The van der Waals surface area contributed by atoms with E-state index in [0.717, 1.165) is 0 Å².